The number of nitrogens with zero attached hydrogens (tertiary/aromatic N) is 3. The topological polar surface area (TPSA) is 112 Å². The molecule has 10 heteroatoms. The van der Waals surface area contributed by atoms with Gasteiger partial charge in [0.1, 0.15) is 11.9 Å². The van der Waals surface area contributed by atoms with Crippen LogP contribution in [0.4, 0.5) is 5.69 Å². The maximum atomic E-state index is 13.4. The number of benzene rings is 2. The molecule has 0 aliphatic carbocycles. The monoisotopic (exact) mass is 552 g/mol. The van der Waals surface area contributed by atoms with Crippen molar-refractivity contribution >= 4 is 21.6 Å². The Hall–Kier alpha value is -3.47. The summed E-state index contributed by atoms with van der Waals surface area (Å²) in [6.07, 6.45) is 3.29. The molecule has 1 aliphatic rings. The normalized spacial score (nSPS) is 18.9. The van der Waals surface area contributed by atoms with Gasteiger partial charge in [-0.2, -0.15) is 0 Å². The number of carbonyl (C=O) groups excluding carboxylic acids is 1. The van der Waals surface area contributed by atoms with Crippen molar-refractivity contribution in [3.8, 4) is 5.75 Å². The number of likely N-dealkylation sites (N-methyl/N-ethyl adjacent to an activating group) is 1. The molecule has 4 rings (SSSR count). The van der Waals surface area contributed by atoms with Crippen LogP contribution in [0, 0.1) is 5.92 Å². The van der Waals surface area contributed by atoms with E-state index in [1.165, 1.54) is 12.1 Å². The second kappa shape index (κ2) is 12.6. The van der Waals surface area contributed by atoms with Gasteiger partial charge in [-0.25, -0.2) is 8.42 Å². The molecule has 208 valence electrons. The summed E-state index contributed by atoms with van der Waals surface area (Å²) in [5, 5.41) is 9.86. The van der Waals surface area contributed by atoms with Crippen molar-refractivity contribution in [2.75, 3.05) is 31.5 Å². The van der Waals surface area contributed by atoms with Gasteiger partial charge >= 0.3 is 0 Å². The van der Waals surface area contributed by atoms with Crippen LogP contribution in [0.25, 0.3) is 0 Å². The Balaban J connectivity index is 1.63. The van der Waals surface area contributed by atoms with Crippen LogP contribution < -0.4 is 9.46 Å². The van der Waals surface area contributed by atoms with E-state index in [-0.39, 0.29) is 41.9 Å². The molecule has 2 aromatic carbocycles. The quantitative estimate of drug-likeness (QED) is 0.419. The largest absolute Gasteiger partial charge is 0.488 e. The number of pyridine rings is 1. The molecule has 1 aromatic heterocycles. The molecule has 1 aliphatic heterocycles. The summed E-state index contributed by atoms with van der Waals surface area (Å²) >= 11 is 0. The van der Waals surface area contributed by atoms with E-state index in [1.807, 2.05) is 33.0 Å². The standard InChI is InChI=1S/C29H36N4O5S/c1-21-17-33(22(2)20-34)29(35)16-24-15-25(31-39(36,37)26-7-5-4-6-8-26)9-10-27(24)38-28(21)19-32(3)18-23-11-13-30-14-12-23/h4-15,21-22,28,31,34H,16-20H2,1-3H3/t21-,22-,28-/m0/s1. The van der Waals surface area contributed by atoms with E-state index >= 15 is 0 Å². The molecule has 2 N–H and O–H groups in total. The number of aromatic nitrogens is 1. The van der Waals surface area contributed by atoms with Crippen LogP contribution in [0.15, 0.2) is 78.0 Å². The van der Waals surface area contributed by atoms with Crippen LogP contribution in [-0.2, 0) is 27.8 Å². The highest BCUT2D eigenvalue weighted by atomic mass is 32.2. The number of anilines is 1. The van der Waals surface area contributed by atoms with Crippen LogP contribution >= 0.6 is 0 Å². The molecular formula is C29H36N4O5S. The molecule has 0 saturated carbocycles. The van der Waals surface area contributed by atoms with E-state index in [0.29, 0.717) is 36.6 Å². The SMILES string of the molecule is C[C@H]1CN([C@@H](C)CO)C(=O)Cc2cc(NS(=O)(=O)c3ccccc3)ccc2O[C@H]1CN(C)Cc1ccncc1. The number of ether oxygens (including phenoxy) is 1. The van der Waals surface area contributed by atoms with Gasteiger partial charge in [0.2, 0.25) is 5.91 Å². The van der Waals surface area contributed by atoms with Crippen LogP contribution in [-0.4, -0.2) is 73.1 Å². The highest BCUT2D eigenvalue weighted by Crippen LogP contribution is 2.30. The number of aliphatic hydroxyl groups is 1. The zero-order valence-electron chi connectivity index (χ0n) is 22.5. The zero-order valence-corrected chi connectivity index (χ0v) is 23.3. The lowest BCUT2D eigenvalue weighted by Gasteiger charge is -2.34. The number of carbonyl (C=O) groups is 1. The Morgan fingerprint density at radius 2 is 1.87 bits per heavy atom. The Labute approximate surface area is 230 Å². The van der Waals surface area contributed by atoms with Gasteiger partial charge in [0.25, 0.3) is 10.0 Å². The Kier molecular flexibility index (Phi) is 9.21. The number of hydrogen-bond acceptors (Lipinski definition) is 7. The van der Waals surface area contributed by atoms with Gasteiger partial charge in [0.05, 0.1) is 24.0 Å². The van der Waals surface area contributed by atoms with Gasteiger partial charge < -0.3 is 14.7 Å². The van der Waals surface area contributed by atoms with Crippen molar-refractivity contribution in [3.05, 3.63) is 84.2 Å². The second-order valence-electron chi connectivity index (χ2n) is 10.2. The van der Waals surface area contributed by atoms with Gasteiger partial charge in [0.15, 0.2) is 0 Å². The summed E-state index contributed by atoms with van der Waals surface area (Å²) in [6, 6.07) is 16.7. The molecule has 1 amide bonds. The average molecular weight is 553 g/mol. The molecule has 0 fully saturated rings. The van der Waals surface area contributed by atoms with Crippen LogP contribution in [0.1, 0.15) is 25.0 Å². The smallest absolute Gasteiger partial charge is 0.261 e. The number of nitrogens with one attached hydrogen (secondary N) is 1. The molecule has 0 unspecified atom stereocenters. The maximum Gasteiger partial charge on any atom is 0.261 e. The fourth-order valence-corrected chi connectivity index (χ4v) is 5.77. The van der Waals surface area contributed by atoms with Crippen molar-refractivity contribution in [2.45, 2.75) is 43.9 Å². The third kappa shape index (κ3) is 7.35. The van der Waals surface area contributed by atoms with Crippen molar-refractivity contribution in [3.63, 3.8) is 0 Å². The van der Waals surface area contributed by atoms with Crippen molar-refractivity contribution in [1.82, 2.24) is 14.8 Å². The van der Waals surface area contributed by atoms with Crippen molar-refractivity contribution in [2.24, 2.45) is 5.92 Å². The third-order valence-electron chi connectivity index (χ3n) is 6.92. The first-order valence-electron chi connectivity index (χ1n) is 13.0. The lowest BCUT2D eigenvalue weighted by Crippen LogP contribution is -2.47. The summed E-state index contributed by atoms with van der Waals surface area (Å²) in [4.78, 5) is 21.5. The summed E-state index contributed by atoms with van der Waals surface area (Å²) in [7, 11) is -1.78. The first kappa shape index (κ1) is 28.5. The minimum atomic E-state index is -3.80. The van der Waals surface area contributed by atoms with Crippen LogP contribution in [0.2, 0.25) is 0 Å². The fraction of sp³-hybridized carbons (Fsp3) is 0.379. The van der Waals surface area contributed by atoms with E-state index in [2.05, 4.69) is 14.6 Å². The van der Waals surface area contributed by atoms with E-state index in [1.54, 1.807) is 53.7 Å². The highest BCUT2D eigenvalue weighted by molar-refractivity contribution is 7.92. The predicted octanol–water partition coefficient (Wildman–Crippen LogP) is 3.16. The minimum absolute atomic E-state index is 0.0207. The number of hydrogen-bond donors (Lipinski definition) is 2. The summed E-state index contributed by atoms with van der Waals surface area (Å²) in [5.41, 5.74) is 2.05. The second-order valence-corrected chi connectivity index (χ2v) is 11.9. The van der Waals surface area contributed by atoms with Crippen molar-refractivity contribution < 1.29 is 23.1 Å². The zero-order chi connectivity index (χ0) is 28.0. The minimum Gasteiger partial charge on any atom is -0.488 e. The number of fused-ring (bicyclic) bond motifs is 1. The molecule has 3 aromatic rings. The van der Waals surface area contributed by atoms with E-state index in [9.17, 15) is 18.3 Å². The maximum absolute atomic E-state index is 13.4. The number of sulfonamides is 1. The molecule has 0 spiro atoms. The summed E-state index contributed by atoms with van der Waals surface area (Å²) in [5.74, 6) is 0.353. The number of rotatable bonds is 9. The number of aliphatic hydroxyl groups excluding tert-OH is 1. The Bertz CT molecular complexity index is 1350. The van der Waals surface area contributed by atoms with E-state index in [4.69, 9.17) is 4.74 Å². The predicted molar refractivity (Wildman–Crippen MR) is 150 cm³/mol. The van der Waals surface area contributed by atoms with Gasteiger partial charge in [-0.05, 0) is 62.0 Å². The molecule has 0 radical (unpaired) electrons. The molecule has 9 nitrogen and oxygen atoms in total. The summed E-state index contributed by atoms with van der Waals surface area (Å²) < 4.78 is 35.0. The van der Waals surface area contributed by atoms with E-state index in [0.717, 1.165) is 5.56 Å². The summed E-state index contributed by atoms with van der Waals surface area (Å²) in [6.45, 7) is 5.44. The Morgan fingerprint density at radius 3 is 2.56 bits per heavy atom. The van der Waals surface area contributed by atoms with Gasteiger partial charge in [-0.15, -0.1) is 0 Å². The van der Waals surface area contributed by atoms with Gasteiger partial charge in [0, 0.05) is 49.2 Å². The van der Waals surface area contributed by atoms with Crippen LogP contribution in [0.5, 0.6) is 5.75 Å². The lowest BCUT2D eigenvalue weighted by atomic mass is 10.0. The molecule has 2 heterocycles. The molecular weight excluding hydrogens is 516 g/mol. The molecule has 0 saturated heterocycles. The molecule has 3 atom stereocenters. The third-order valence-corrected chi connectivity index (χ3v) is 8.31. The van der Waals surface area contributed by atoms with Crippen molar-refractivity contribution in [1.29, 1.82) is 0 Å². The fourth-order valence-electron chi connectivity index (χ4n) is 4.70. The highest BCUT2D eigenvalue weighted by Gasteiger charge is 2.31. The Morgan fingerprint density at radius 1 is 1.15 bits per heavy atom. The van der Waals surface area contributed by atoms with E-state index < -0.39 is 10.0 Å². The first-order chi connectivity index (χ1) is 18.7. The number of amides is 1. The first-order valence-corrected chi connectivity index (χ1v) is 14.5. The van der Waals surface area contributed by atoms with Gasteiger partial charge in [-0.3, -0.25) is 19.4 Å². The average Bonchev–Trinajstić information content (AvgIpc) is 2.96. The van der Waals surface area contributed by atoms with Gasteiger partial charge in [-0.1, -0.05) is 25.1 Å². The molecule has 39 heavy (non-hydrogen) atoms. The van der Waals surface area contributed by atoms with Crippen LogP contribution in [0.3, 0.4) is 0 Å². The molecule has 0 bridgehead atoms. The lowest BCUT2D eigenvalue weighted by molar-refractivity contribution is -0.134.